The van der Waals surface area contributed by atoms with Gasteiger partial charge in [-0.15, -0.1) is 35.3 Å². The molecule has 0 bridgehead atoms. The average molecular weight is 509 g/mol. The minimum atomic E-state index is 0. The Morgan fingerprint density at radius 3 is 2.56 bits per heavy atom. The first kappa shape index (κ1) is 24.1. The van der Waals surface area contributed by atoms with Crippen molar-refractivity contribution in [3.63, 3.8) is 0 Å². The van der Waals surface area contributed by atoms with Crippen LogP contribution in [0.1, 0.15) is 24.8 Å². The summed E-state index contributed by atoms with van der Waals surface area (Å²) in [6.45, 7) is 9.22. The fourth-order valence-corrected chi connectivity index (χ4v) is 3.63. The lowest BCUT2D eigenvalue weighted by molar-refractivity contribution is -0.123. The maximum absolute atomic E-state index is 11.6. The third-order valence-electron chi connectivity index (χ3n) is 4.29. The van der Waals surface area contributed by atoms with Crippen LogP contribution in [0.5, 0.6) is 0 Å². The van der Waals surface area contributed by atoms with Gasteiger partial charge in [0, 0.05) is 50.6 Å². The molecule has 7 nitrogen and oxygen atoms in total. The quantitative estimate of drug-likeness (QED) is 0.215. The number of carbonyl (C=O) groups is 1. The van der Waals surface area contributed by atoms with Gasteiger partial charge in [-0.25, -0.2) is 0 Å². The second-order valence-corrected chi connectivity index (χ2v) is 7.48. The summed E-state index contributed by atoms with van der Waals surface area (Å²) >= 11 is 1.78. The van der Waals surface area contributed by atoms with Crippen LogP contribution >= 0.6 is 35.3 Å². The van der Waals surface area contributed by atoms with E-state index in [2.05, 4.69) is 43.4 Å². The number of hydrogen-bond donors (Lipinski definition) is 3. The van der Waals surface area contributed by atoms with Crippen LogP contribution in [0.2, 0.25) is 0 Å². The minimum Gasteiger partial charge on any atom is -0.379 e. The number of nitrogens with zero attached hydrogens (tertiary/aromatic N) is 2. The molecule has 1 aliphatic heterocycles. The van der Waals surface area contributed by atoms with Gasteiger partial charge in [-0.3, -0.25) is 14.7 Å². The van der Waals surface area contributed by atoms with Gasteiger partial charge >= 0.3 is 0 Å². The molecule has 27 heavy (non-hydrogen) atoms. The first-order valence-corrected chi connectivity index (χ1v) is 10.1. The van der Waals surface area contributed by atoms with Crippen LogP contribution in [0.3, 0.4) is 0 Å². The molecule has 0 aliphatic carbocycles. The highest BCUT2D eigenvalue weighted by Crippen LogP contribution is 2.25. The van der Waals surface area contributed by atoms with E-state index in [4.69, 9.17) is 4.74 Å². The topological polar surface area (TPSA) is 78.0 Å². The summed E-state index contributed by atoms with van der Waals surface area (Å²) in [7, 11) is 1.76. The van der Waals surface area contributed by atoms with E-state index in [1.807, 2.05) is 13.8 Å². The van der Waals surface area contributed by atoms with Crippen LogP contribution in [0.15, 0.2) is 22.5 Å². The van der Waals surface area contributed by atoms with Crippen LogP contribution in [-0.4, -0.2) is 69.8 Å². The highest BCUT2D eigenvalue weighted by Gasteiger charge is 2.23. The van der Waals surface area contributed by atoms with Gasteiger partial charge in [0.1, 0.15) is 0 Å². The fourth-order valence-electron chi connectivity index (χ4n) is 2.76. The number of thiophene rings is 1. The lowest BCUT2D eigenvalue weighted by Crippen LogP contribution is -2.47. The Morgan fingerprint density at radius 1 is 1.26 bits per heavy atom. The van der Waals surface area contributed by atoms with Crippen LogP contribution in [0, 0.1) is 5.92 Å². The first-order valence-electron chi connectivity index (χ1n) is 9.19. The van der Waals surface area contributed by atoms with Crippen molar-refractivity contribution < 1.29 is 9.53 Å². The molecule has 1 unspecified atom stereocenters. The molecule has 1 saturated heterocycles. The molecule has 154 valence electrons. The molecule has 0 spiro atoms. The predicted molar refractivity (Wildman–Crippen MR) is 122 cm³/mol. The maximum Gasteiger partial charge on any atom is 0.222 e. The second-order valence-electron chi connectivity index (χ2n) is 6.51. The zero-order valence-electron chi connectivity index (χ0n) is 16.4. The van der Waals surface area contributed by atoms with Crippen molar-refractivity contribution in [1.82, 2.24) is 20.9 Å². The fraction of sp³-hybridized carbons (Fsp3) is 0.667. The van der Waals surface area contributed by atoms with E-state index in [0.717, 1.165) is 38.8 Å². The normalized spacial score (nSPS) is 16.5. The molecule has 0 aromatic carbocycles. The number of morpholine rings is 1. The number of carbonyl (C=O) groups excluding carboxylic acids is 1. The number of amides is 1. The van der Waals surface area contributed by atoms with Crippen molar-refractivity contribution in [1.29, 1.82) is 0 Å². The summed E-state index contributed by atoms with van der Waals surface area (Å²) < 4.78 is 5.49. The third-order valence-corrected chi connectivity index (χ3v) is 5.26. The number of halogens is 1. The van der Waals surface area contributed by atoms with E-state index in [-0.39, 0.29) is 35.8 Å². The van der Waals surface area contributed by atoms with Gasteiger partial charge in [0.25, 0.3) is 0 Å². The minimum absolute atomic E-state index is 0. The molecule has 1 aromatic rings. The van der Waals surface area contributed by atoms with Crippen molar-refractivity contribution >= 4 is 47.2 Å². The highest BCUT2D eigenvalue weighted by molar-refractivity contribution is 14.0. The van der Waals surface area contributed by atoms with Crippen molar-refractivity contribution in [3.8, 4) is 0 Å². The molecule has 1 aliphatic rings. The van der Waals surface area contributed by atoms with Crippen molar-refractivity contribution in [2.45, 2.75) is 19.9 Å². The van der Waals surface area contributed by atoms with Crippen LogP contribution < -0.4 is 16.0 Å². The van der Waals surface area contributed by atoms with E-state index >= 15 is 0 Å². The molecule has 1 aromatic heterocycles. The van der Waals surface area contributed by atoms with Crippen molar-refractivity contribution in [3.05, 3.63) is 22.4 Å². The molecule has 9 heteroatoms. The molecule has 2 heterocycles. The highest BCUT2D eigenvalue weighted by atomic mass is 127. The predicted octanol–water partition coefficient (Wildman–Crippen LogP) is 1.68. The number of guanidine groups is 1. The standard InChI is InChI=1S/C18H31N5O2S.HI/c1-14(2)17(24)20-6-7-21-18(19-3)22-13-15(16-5-4-12-26-16)23-8-10-25-11-9-23;/h4-5,12,14-15H,6-11,13H2,1-3H3,(H,20,24)(H2,19,21,22);1H. The molecule has 1 amide bonds. The Kier molecular flexibility index (Phi) is 11.9. The van der Waals surface area contributed by atoms with Crippen molar-refractivity contribution in [2.24, 2.45) is 10.9 Å². The monoisotopic (exact) mass is 509 g/mol. The van der Waals surface area contributed by atoms with E-state index in [1.54, 1.807) is 18.4 Å². The third kappa shape index (κ3) is 8.32. The van der Waals surface area contributed by atoms with Gasteiger partial charge in [0.2, 0.25) is 5.91 Å². The second kappa shape index (κ2) is 13.3. The Hall–Kier alpha value is -0.910. The molecule has 3 N–H and O–H groups in total. The Labute approximate surface area is 183 Å². The smallest absolute Gasteiger partial charge is 0.222 e. The lowest BCUT2D eigenvalue weighted by Gasteiger charge is -2.34. The van der Waals surface area contributed by atoms with E-state index in [0.29, 0.717) is 19.1 Å². The Morgan fingerprint density at radius 2 is 1.96 bits per heavy atom. The molecule has 2 rings (SSSR count). The van der Waals surface area contributed by atoms with Crippen LogP contribution in [0.4, 0.5) is 0 Å². The van der Waals surface area contributed by atoms with Gasteiger partial charge in [-0.05, 0) is 11.4 Å². The summed E-state index contributed by atoms with van der Waals surface area (Å²) in [5, 5.41) is 11.7. The largest absolute Gasteiger partial charge is 0.379 e. The number of ether oxygens (including phenoxy) is 1. The molecular weight excluding hydrogens is 477 g/mol. The first-order chi connectivity index (χ1) is 12.6. The van der Waals surface area contributed by atoms with Crippen LogP contribution in [0.25, 0.3) is 0 Å². The summed E-state index contributed by atoms with van der Waals surface area (Å²) in [6.07, 6.45) is 0. The van der Waals surface area contributed by atoms with E-state index in [9.17, 15) is 4.79 Å². The maximum atomic E-state index is 11.6. The Balaban J connectivity index is 0.00000364. The summed E-state index contributed by atoms with van der Waals surface area (Å²) in [6, 6.07) is 4.58. The van der Waals surface area contributed by atoms with Gasteiger partial charge in [-0.2, -0.15) is 0 Å². The summed E-state index contributed by atoms with van der Waals surface area (Å²) in [4.78, 5) is 19.7. The van der Waals surface area contributed by atoms with Gasteiger partial charge in [-0.1, -0.05) is 19.9 Å². The summed E-state index contributed by atoms with van der Waals surface area (Å²) in [5.74, 6) is 0.825. The van der Waals surface area contributed by atoms with Gasteiger partial charge in [0.05, 0.1) is 19.3 Å². The average Bonchev–Trinajstić information content (AvgIpc) is 3.18. The van der Waals surface area contributed by atoms with E-state index in [1.165, 1.54) is 4.88 Å². The van der Waals surface area contributed by atoms with Crippen molar-refractivity contribution in [2.75, 3.05) is 53.0 Å². The summed E-state index contributed by atoms with van der Waals surface area (Å²) in [5.41, 5.74) is 0. The van der Waals surface area contributed by atoms with E-state index < -0.39 is 0 Å². The zero-order chi connectivity index (χ0) is 18.8. The number of nitrogens with one attached hydrogen (secondary N) is 3. The Bertz CT molecular complexity index is 562. The SMILES string of the molecule is CN=C(NCCNC(=O)C(C)C)NCC(c1cccs1)N1CCOCC1.I. The number of rotatable bonds is 8. The van der Waals surface area contributed by atoms with Gasteiger partial charge in [0.15, 0.2) is 5.96 Å². The van der Waals surface area contributed by atoms with Gasteiger partial charge < -0.3 is 20.7 Å². The molecule has 0 saturated carbocycles. The number of aliphatic imine (C=N–C) groups is 1. The van der Waals surface area contributed by atoms with Crippen LogP contribution in [-0.2, 0) is 9.53 Å². The molecular formula is C18H32IN5O2S. The zero-order valence-corrected chi connectivity index (χ0v) is 19.5. The lowest BCUT2D eigenvalue weighted by atomic mass is 10.2. The molecule has 1 fully saturated rings. The number of hydrogen-bond acceptors (Lipinski definition) is 5. The molecule has 1 atom stereocenters. The molecule has 0 radical (unpaired) electrons.